The molecule has 1 N–H and O–H groups in total. The zero-order valence-electron chi connectivity index (χ0n) is 13.6. The molecular formula is C17H36N2. The first-order valence-electron chi connectivity index (χ1n) is 8.72. The van der Waals surface area contributed by atoms with E-state index < -0.39 is 0 Å². The molecule has 0 saturated heterocycles. The normalized spacial score (nSPS) is 24.0. The molecule has 0 aromatic rings. The SMILES string of the molecule is CCCCN(CCCC)CCNC1CCCC(C)C1. The van der Waals surface area contributed by atoms with Gasteiger partial charge in [-0.3, -0.25) is 0 Å². The Morgan fingerprint density at radius 1 is 1.00 bits per heavy atom. The van der Waals surface area contributed by atoms with E-state index >= 15 is 0 Å². The Morgan fingerprint density at radius 2 is 1.68 bits per heavy atom. The molecule has 0 aromatic carbocycles. The van der Waals surface area contributed by atoms with Crippen LogP contribution < -0.4 is 5.32 Å². The zero-order chi connectivity index (χ0) is 13.9. The number of hydrogen-bond donors (Lipinski definition) is 1. The summed E-state index contributed by atoms with van der Waals surface area (Å²) in [5.74, 6) is 0.933. The Bertz CT molecular complexity index is 197. The summed E-state index contributed by atoms with van der Waals surface area (Å²) in [6.45, 7) is 12.0. The van der Waals surface area contributed by atoms with Crippen molar-refractivity contribution in [1.82, 2.24) is 10.2 Å². The first-order valence-corrected chi connectivity index (χ1v) is 8.72. The summed E-state index contributed by atoms with van der Waals surface area (Å²) in [6, 6.07) is 0.794. The quantitative estimate of drug-likeness (QED) is 0.643. The molecule has 0 bridgehead atoms. The zero-order valence-corrected chi connectivity index (χ0v) is 13.6. The predicted octanol–water partition coefficient (Wildman–Crippen LogP) is 4.06. The Hall–Kier alpha value is -0.0800. The van der Waals surface area contributed by atoms with E-state index in [9.17, 15) is 0 Å². The lowest BCUT2D eigenvalue weighted by Gasteiger charge is -2.29. The highest BCUT2D eigenvalue weighted by Crippen LogP contribution is 2.23. The molecule has 1 rings (SSSR count). The standard InChI is InChI=1S/C17H36N2/c1-4-6-12-19(13-7-5-2)14-11-18-17-10-8-9-16(3)15-17/h16-18H,4-15H2,1-3H3. The molecule has 0 radical (unpaired) electrons. The molecule has 0 heterocycles. The van der Waals surface area contributed by atoms with E-state index in [1.54, 1.807) is 0 Å². The van der Waals surface area contributed by atoms with E-state index in [-0.39, 0.29) is 0 Å². The molecule has 0 aliphatic heterocycles. The fraction of sp³-hybridized carbons (Fsp3) is 1.00. The van der Waals surface area contributed by atoms with Crippen molar-refractivity contribution >= 4 is 0 Å². The van der Waals surface area contributed by atoms with Crippen LogP contribution in [0, 0.1) is 5.92 Å². The van der Waals surface area contributed by atoms with Gasteiger partial charge in [-0.05, 0) is 44.7 Å². The number of nitrogens with zero attached hydrogens (tertiary/aromatic N) is 1. The van der Waals surface area contributed by atoms with Gasteiger partial charge in [0.15, 0.2) is 0 Å². The highest BCUT2D eigenvalue weighted by molar-refractivity contribution is 4.76. The highest BCUT2D eigenvalue weighted by atomic mass is 15.1. The average molecular weight is 268 g/mol. The van der Waals surface area contributed by atoms with E-state index in [1.807, 2.05) is 0 Å². The Labute approximate surface area is 121 Å². The van der Waals surface area contributed by atoms with Crippen LogP contribution in [-0.4, -0.2) is 37.1 Å². The lowest BCUT2D eigenvalue weighted by Crippen LogP contribution is -2.39. The molecule has 1 saturated carbocycles. The molecule has 0 amide bonds. The Kier molecular flexibility index (Phi) is 9.54. The largest absolute Gasteiger partial charge is 0.313 e. The van der Waals surface area contributed by atoms with Gasteiger partial charge < -0.3 is 10.2 Å². The third kappa shape index (κ3) is 7.94. The molecule has 114 valence electrons. The first kappa shape index (κ1) is 17.0. The van der Waals surface area contributed by atoms with Crippen molar-refractivity contribution < 1.29 is 0 Å². The van der Waals surface area contributed by atoms with Crippen molar-refractivity contribution in [3.63, 3.8) is 0 Å². The van der Waals surface area contributed by atoms with Crippen molar-refractivity contribution in [2.24, 2.45) is 5.92 Å². The molecule has 2 atom stereocenters. The lowest BCUT2D eigenvalue weighted by atomic mass is 9.87. The lowest BCUT2D eigenvalue weighted by molar-refractivity contribution is 0.245. The fourth-order valence-corrected chi connectivity index (χ4v) is 3.15. The Balaban J connectivity index is 2.14. The molecule has 1 aliphatic rings. The van der Waals surface area contributed by atoms with Gasteiger partial charge in [-0.1, -0.05) is 46.5 Å². The summed E-state index contributed by atoms with van der Waals surface area (Å²) in [7, 11) is 0. The second-order valence-electron chi connectivity index (χ2n) is 6.47. The van der Waals surface area contributed by atoms with Crippen LogP contribution in [0.3, 0.4) is 0 Å². The minimum absolute atomic E-state index is 0.794. The second kappa shape index (κ2) is 10.7. The number of unbranched alkanes of at least 4 members (excludes halogenated alkanes) is 2. The summed E-state index contributed by atoms with van der Waals surface area (Å²) < 4.78 is 0. The average Bonchev–Trinajstić information content (AvgIpc) is 2.41. The van der Waals surface area contributed by atoms with Crippen LogP contribution in [-0.2, 0) is 0 Å². The summed E-state index contributed by atoms with van der Waals surface area (Å²) >= 11 is 0. The van der Waals surface area contributed by atoms with Crippen molar-refractivity contribution in [3.05, 3.63) is 0 Å². The molecule has 0 spiro atoms. The Morgan fingerprint density at radius 3 is 2.26 bits per heavy atom. The predicted molar refractivity (Wildman–Crippen MR) is 85.7 cm³/mol. The molecule has 2 nitrogen and oxygen atoms in total. The minimum atomic E-state index is 0.794. The van der Waals surface area contributed by atoms with Crippen LogP contribution in [0.25, 0.3) is 0 Å². The molecule has 2 heteroatoms. The van der Waals surface area contributed by atoms with Gasteiger partial charge in [0.1, 0.15) is 0 Å². The molecule has 1 fully saturated rings. The third-order valence-electron chi connectivity index (χ3n) is 4.45. The van der Waals surface area contributed by atoms with Crippen molar-refractivity contribution in [2.45, 2.75) is 78.2 Å². The van der Waals surface area contributed by atoms with Gasteiger partial charge in [0.25, 0.3) is 0 Å². The maximum atomic E-state index is 3.79. The van der Waals surface area contributed by atoms with Crippen molar-refractivity contribution in [3.8, 4) is 0 Å². The summed E-state index contributed by atoms with van der Waals surface area (Å²) in [5.41, 5.74) is 0. The van der Waals surface area contributed by atoms with Gasteiger partial charge in [-0.15, -0.1) is 0 Å². The summed E-state index contributed by atoms with van der Waals surface area (Å²) in [4.78, 5) is 2.66. The smallest absolute Gasteiger partial charge is 0.0107 e. The van der Waals surface area contributed by atoms with Crippen LogP contribution in [0.5, 0.6) is 0 Å². The molecule has 0 aromatic heterocycles. The van der Waals surface area contributed by atoms with Crippen LogP contribution >= 0.6 is 0 Å². The molecule has 1 aliphatic carbocycles. The maximum Gasteiger partial charge on any atom is 0.0107 e. The van der Waals surface area contributed by atoms with Gasteiger partial charge >= 0.3 is 0 Å². The second-order valence-corrected chi connectivity index (χ2v) is 6.47. The van der Waals surface area contributed by atoms with Crippen molar-refractivity contribution in [1.29, 1.82) is 0 Å². The fourth-order valence-electron chi connectivity index (χ4n) is 3.15. The van der Waals surface area contributed by atoms with Crippen LogP contribution in [0.2, 0.25) is 0 Å². The summed E-state index contributed by atoms with van der Waals surface area (Å²) in [5, 5.41) is 3.79. The maximum absolute atomic E-state index is 3.79. The first-order chi connectivity index (χ1) is 9.26. The van der Waals surface area contributed by atoms with Crippen LogP contribution in [0.1, 0.15) is 72.1 Å². The number of rotatable bonds is 10. The molecular weight excluding hydrogens is 232 g/mol. The van der Waals surface area contributed by atoms with E-state index in [2.05, 4.69) is 31.0 Å². The third-order valence-corrected chi connectivity index (χ3v) is 4.45. The minimum Gasteiger partial charge on any atom is -0.313 e. The van der Waals surface area contributed by atoms with Gasteiger partial charge in [0, 0.05) is 19.1 Å². The molecule has 2 unspecified atom stereocenters. The van der Waals surface area contributed by atoms with Crippen LogP contribution in [0.15, 0.2) is 0 Å². The van der Waals surface area contributed by atoms with Gasteiger partial charge in [-0.2, -0.15) is 0 Å². The van der Waals surface area contributed by atoms with E-state index in [1.165, 1.54) is 77.5 Å². The van der Waals surface area contributed by atoms with Gasteiger partial charge in [-0.25, -0.2) is 0 Å². The number of hydrogen-bond acceptors (Lipinski definition) is 2. The van der Waals surface area contributed by atoms with E-state index in [0.29, 0.717) is 0 Å². The topological polar surface area (TPSA) is 15.3 Å². The molecule has 19 heavy (non-hydrogen) atoms. The van der Waals surface area contributed by atoms with Crippen molar-refractivity contribution in [2.75, 3.05) is 26.2 Å². The van der Waals surface area contributed by atoms with Crippen LogP contribution in [0.4, 0.5) is 0 Å². The summed E-state index contributed by atoms with van der Waals surface area (Å²) in [6.07, 6.45) is 11.0. The monoisotopic (exact) mass is 268 g/mol. The number of nitrogens with one attached hydrogen (secondary N) is 1. The van der Waals surface area contributed by atoms with E-state index in [4.69, 9.17) is 0 Å². The van der Waals surface area contributed by atoms with E-state index in [0.717, 1.165) is 12.0 Å². The van der Waals surface area contributed by atoms with Gasteiger partial charge in [0.2, 0.25) is 0 Å². The van der Waals surface area contributed by atoms with Gasteiger partial charge in [0.05, 0.1) is 0 Å². The highest BCUT2D eigenvalue weighted by Gasteiger charge is 2.18.